The van der Waals surface area contributed by atoms with E-state index in [4.69, 9.17) is 22.0 Å². The molecule has 1 saturated carbocycles. The monoisotopic (exact) mass is 628 g/mol. The average molecular weight is 629 g/mol. The number of nitrogens with one attached hydrogen (secondary N) is 1. The molecule has 0 radical (unpaired) electrons. The molecule has 44 heavy (non-hydrogen) atoms. The van der Waals surface area contributed by atoms with Gasteiger partial charge in [0, 0.05) is 38.8 Å². The zero-order valence-electron chi connectivity index (χ0n) is 27.3. The predicted octanol–water partition coefficient (Wildman–Crippen LogP) is 6.08. The number of aromatic hydroxyl groups is 1. The van der Waals surface area contributed by atoms with Crippen LogP contribution in [-0.2, 0) is 0 Å². The average Bonchev–Trinajstić information content (AvgIpc) is 3.05. The molecule has 3 fully saturated rings. The van der Waals surface area contributed by atoms with Crippen LogP contribution in [0.25, 0.3) is 0 Å². The number of likely N-dealkylation sites (tertiary alicyclic amines) is 1. The lowest BCUT2D eigenvalue weighted by atomic mass is 9.73. The van der Waals surface area contributed by atoms with Crippen molar-refractivity contribution in [3.63, 3.8) is 0 Å². The lowest BCUT2D eigenvalue weighted by molar-refractivity contribution is 0.0517. The first-order valence-electron chi connectivity index (χ1n) is 16.1. The van der Waals surface area contributed by atoms with Crippen molar-refractivity contribution >= 4 is 23.7 Å². The SMILES string of the molecule is CC.CC1(C)CN(c2ccc(C=O)nn2)CCC1CN1CCC(O)CC1.CNC1CCCCC1.N#Cc1ccc(O)cc1Cl. The van der Waals surface area contributed by atoms with Crippen molar-refractivity contribution in [3.05, 3.63) is 46.6 Å². The molecule has 2 aliphatic heterocycles. The first kappa shape index (κ1) is 37.4. The summed E-state index contributed by atoms with van der Waals surface area (Å²) in [4.78, 5) is 15.5. The maximum Gasteiger partial charge on any atom is 0.170 e. The number of phenols is 1. The topological polar surface area (TPSA) is 126 Å². The van der Waals surface area contributed by atoms with Crippen molar-refractivity contribution in [2.75, 3.05) is 44.7 Å². The predicted molar refractivity (Wildman–Crippen MR) is 178 cm³/mol. The molecule has 2 saturated heterocycles. The van der Waals surface area contributed by atoms with Crippen molar-refractivity contribution in [2.24, 2.45) is 11.3 Å². The molecule has 5 rings (SSSR count). The molecular weight excluding hydrogens is 576 g/mol. The summed E-state index contributed by atoms with van der Waals surface area (Å²) in [5.41, 5.74) is 0.943. The van der Waals surface area contributed by atoms with Gasteiger partial charge in [0.25, 0.3) is 0 Å². The Morgan fingerprint density at radius 1 is 1.05 bits per heavy atom. The van der Waals surface area contributed by atoms with Crippen LogP contribution in [0.4, 0.5) is 5.82 Å². The number of anilines is 1. The van der Waals surface area contributed by atoms with Crippen molar-refractivity contribution in [1.29, 1.82) is 5.26 Å². The van der Waals surface area contributed by atoms with E-state index in [0.717, 1.165) is 70.1 Å². The Balaban J connectivity index is 0.000000276. The molecular formula is C34H53ClN6O3. The Morgan fingerprint density at radius 2 is 1.73 bits per heavy atom. The summed E-state index contributed by atoms with van der Waals surface area (Å²) in [5, 5.41) is 38.6. The van der Waals surface area contributed by atoms with Crippen molar-refractivity contribution in [2.45, 2.75) is 91.2 Å². The number of hydrogen-bond donors (Lipinski definition) is 3. The summed E-state index contributed by atoms with van der Waals surface area (Å²) < 4.78 is 0. The fraction of sp³-hybridized carbons (Fsp3) is 0.647. The molecule has 3 aliphatic rings. The van der Waals surface area contributed by atoms with Crippen molar-refractivity contribution < 1.29 is 15.0 Å². The van der Waals surface area contributed by atoms with Gasteiger partial charge in [-0.1, -0.05) is 58.6 Å². The molecule has 0 bridgehead atoms. The van der Waals surface area contributed by atoms with E-state index in [9.17, 15) is 9.90 Å². The summed E-state index contributed by atoms with van der Waals surface area (Å²) in [6.45, 7) is 13.7. The molecule has 3 N–H and O–H groups in total. The van der Waals surface area contributed by atoms with Gasteiger partial charge in [-0.05, 0) is 80.8 Å². The molecule has 0 amide bonds. The van der Waals surface area contributed by atoms with E-state index < -0.39 is 0 Å². The largest absolute Gasteiger partial charge is 0.508 e. The lowest BCUT2D eigenvalue weighted by Gasteiger charge is -2.47. The van der Waals surface area contributed by atoms with E-state index in [1.807, 2.05) is 26.0 Å². The Hall–Kier alpha value is -2.77. The van der Waals surface area contributed by atoms with E-state index in [0.29, 0.717) is 17.2 Å². The number of nitrogens with zero attached hydrogens (tertiary/aromatic N) is 5. The van der Waals surface area contributed by atoms with Gasteiger partial charge in [-0.15, -0.1) is 10.2 Å². The molecule has 1 aromatic carbocycles. The second-order valence-corrected chi connectivity index (χ2v) is 12.7. The lowest BCUT2D eigenvalue weighted by Crippen LogP contribution is -2.50. The number of piperidine rings is 2. The quantitative estimate of drug-likeness (QED) is 0.338. The van der Waals surface area contributed by atoms with E-state index in [1.54, 1.807) is 6.07 Å². The van der Waals surface area contributed by atoms with Crippen molar-refractivity contribution in [1.82, 2.24) is 20.4 Å². The maximum absolute atomic E-state index is 10.7. The zero-order valence-corrected chi connectivity index (χ0v) is 28.1. The standard InChI is InChI=1S/C18H28N4O2.C7H4ClNO.C7H15N.C2H6/c1-18(2)13-22(17-4-3-15(12-23)19-20-17)10-5-14(18)11-21-8-6-16(24)7-9-21;8-7-3-6(10)2-1-5(7)4-9;1-8-7-5-3-2-4-6-7;1-2/h3-4,12,14,16,24H,5-11,13H2,1-2H3;1-3,10H;7-8H,2-6H2,1H3;1-2H3. The second kappa shape index (κ2) is 19.6. The smallest absolute Gasteiger partial charge is 0.170 e. The Kier molecular flexibility index (Phi) is 16.7. The highest BCUT2D eigenvalue weighted by atomic mass is 35.5. The van der Waals surface area contributed by atoms with E-state index in [-0.39, 0.29) is 22.3 Å². The highest BCUT2D eigenvalue weighted by molar-refractivity contribution is 6.31. The third kappa shape index (κ3) is 12.3. The number of halogens is 1. The summed E-state index contributed by atoms with van der Waals surface area (Å²) in [7, 11) is 2.07. The molecule has 3 heterocycles. The number of aliphatic hydroxyl groups is 1. The van der Waals surface area contributed by atoms with Crippen LogP contribution in [0.3, 0.4) is 0 Å². The Morgan fingerprint density at radius 3 is 2.23 bits per heavy atom. The van der Waals surface area contributed by atoms with Gasteiger partial charge < -0.3 is 25.3 Å². The van der Waals surface area contributed by atoms with Gasteiger partial charge in [-0.3, -0.25) is 4.79 Å². The highest BCUT2D eigenvalue weighted by Gasteiger charge is 2.37. The van der Waals surface area contributed by atoms with Crippen LogP contribution in [0.15, 0.2) is 30.3 Å². The van der Waals surface area contributed by atoms with Crippen LogP contribution in [0.5, 0.6) is 5.75 Å². The number of rotatable bonds is 5. The van der Waals surface area contributed by atoms with Crippen LogP contribution >= 0.6 is 11.6 Å². The summed E-state index contributed by atoms with van der Waals surface area (Å²) in [6, 6.07) is 10.6. The number of aromatic nitrogens is 2. The number of carbonyl (C=O) groups excluding carboxylic acids is 1. The molecule has 2 aromatic rings. The van der Waals surface area contributed by atoms with Crippen molar-refractivity contribution in [3.8, 4) is 11.8 Å². The number of phenolic OH excluding ortho intramolecular Hbond substituents is 1. The van der Waals surface area contributed by atoms with Gasteiger partial charge in [0.1, 0.15) is 17.5 Å². The number of benzene rings is 1. The Labute approximate surface area is 269 Å². The normalized spacial score (nSPS) is 20.4. The molecule has 1 aliphatic carbocycles. The van der Waals surface area contributed by atoms with Gasteiger partial charge in [0.15, 0.2) is 12.1 Å². The van der Waals surface area contributed by atoms with Crippen LogP contribution in [0, 0.1) is 22.7 Å². The third-order valence-corrected chi connectivity index (χ3v) is 9.00. The summed E-state index contributed by atoms with van der Waals surface area (Å²) in [5.74, 6) is 1.57. The first-order valence-corrected chi connectivity index (χ1v) is 16.5. The molecule has 1 aromatic heterocycles. The molecule has 9 nitrogen and oxygen atoms in total. The van der Waals surface area contributed by atoms with Crippen LogP contribution in [-0.4, -0.2) is 83.5 Å². The molecule has 244 valence electrons. The fourth-order valence-electron chi connectivity index (χ4n) is 5.90. The van der Waals surface area contributed by atoms with Gasteiger partial charge >= 0.3 is 0 Å². The minimum absolute atomic E-state index is 0.0731. The molecule has 1 atom stereocenters. The number of aliphatic hydroxyl groups excluding tert-OH is 1. The van der Waals surface area contributed by atoms with Crippen LogP contribution in [0.1, 0.15) is 95.1 Å². The maximum atomic E-state index is 10.7. The minimum atomic E-state index is -0.107. The fourth-order valence-corrected chi connectivity index (χ4v) is 6.12. The number of carbonyl (C=O) groups is 1. The van der Waals surface area contributed by atoms with Crippen LogP contribution in [0.2, 0.25) is 5.02 Å². The first-order chi connectivity index (χ1) is 21.1. The van der Waals surface area contributed by atoms with Gasteiger partial charge in [-0.25, -0.2) is 0 Å². The zero-order chi connectivity index (χ0) is 32.5. The number of nitriles is 1. The van der Waals surface area contributed by atoms with E-state index >= 15 is 0 Å². The molecule has 0 spiro atoms. The van der Waals surface area contributed by atoms with Gasteiger partial charge in [-0.2, -0.15) is 5.26 Å². The Bertz CT molecular complexity index is 1140. The van der Waals surface area contributed by atoms with Crippen LogP contribution < -0.4 is 10.2 Å². The van der Waals surface area contributed by atoms with E-state index in [2.05, 4.69) is 46.2 Å². The highest BCUT2D eigenvalue weighted by Crippen LogP contribution is 2.37. The minimum Gasteiger partial charge on any atom is -0.508 e. The third-order valence-electron chi connectivity index (χ3n) is 8.69. The second-order valence-electron chi connectivity index (χ2n) is 12.3. The number of aldehydes is 1. The molecule has 1 unspecified atom stereocenters. The van der Waals surface area contributed by atoms with Gasteiger partial charge in [0.05, 0.1) is 16.7 Å². The summed E-state index contributed by atoms with van der Waals surface area (Å²) >= 11 is 5.55. The van der Waals surface area contributed by atoms with E-state index in [1.165, 1.54) is 50.3 Å². The number of hydrogen-bond acceptors (Lipinski definition) is 9. The molecule has 10 heteroatoms. The van der Waals surface area contributed by atoms with Gasteiger partial charge in [0.2, 0.25) is 0 Å². The summed E-state index contributed by atoms with van der Waals surface area (Å²) in [6.07, 6.45) is 10.7.